The van der Waals surface area contributed by atoms with Gasteiger partial charge in [-0.2, -0.15) is 0 Å². The van der Waals surface area contributed by atoms with Crippen molar-refractivity contribution in [2.24, 2.45) is 5.73 Å². The second kappa shape index (κ2) is 8.22. The Hall–Kier alpha value is -2.49. The van der Waals surface area contributed by atoms with Gasteiger partial charge in [0.25, 0.3) is 5.91 Å². The summed E-state index contributed by atoms with van der Waals surface area (Å²) in [6, 6.07) is 7.15. The number of fused-ring (bicyclic) bond motifs is 1. The Morgan fingerprint density at radius 3 is 2.45 bits per heavy atom. The van der Waals surface area contributed by atoms with E-state index in [0.29, 0.717) is 10.6 Å². The maximum atomic E-state index is 14.8. The molecule has 0 bridgehead atoms. The molecule has 0 aliphatic carbocycles. The normalized spacial score (nSPS) is 18.3. The van der Waals surface area contributed by atoms with E-state index >= 15 is 0 Å². The monoisotopic (exact) mass is 467 g/mol. The lowest BCUT2D eigenvalue weighted by molar-refractivity contribution is -0.119. The molecule has 1 aliphatic rings. The number of carbonyl (C=O) groups is 2. The van der Waals surface area contributed by atoms with Gasteiger partial charge >= 0.3 is 0 Å². The van der Waals surface area contributed by atoms with Gasteiger partial charge in [-0.05, 0) is 50.6 Å². The second-order valence-corrected chi connectivity index (χ2v) is 10.9. The van der Waals surface area contributed by atoms with E-state index in [1.807, 2.05) is 0 Å². The van der Waals surface area contributed by atoms with Crippen LogP contribution in [0.25, 0.3) is 0 Å². The van der Waals surface area contributed by atoms with Crippen LogP contribution >= 0.6 is 11.6 Å². The van der Waals surface area contributed by atoms with E-state index in [-0.39, 0.29) is 22.7 Å². The molecule has 0 saturated carbocycles. The molecule has 0 aromatic heterocycles. The first-order chi connectivity index (χ1) is 14.3. The predicted molar refractivity (Wildman–Crippen MR) is 116 cm³/mol. The molecule has 0 radical (unpaired) electrons. The summed E-state index contributed by atoms with van der Waals surface area (Å²) in [4.78, 5) is 26.4. The second-order valence-electron chi connectivity index (χ2n) is 8.44. The number of benzene rings is 2. The first-order valence-electron chi connectivity index (χ1n) is 9.49. The smallest absolute Gasteiger partial charge is 0.254 e. The number of nitrogens with zero attached hydrogens (tertiary/aromatic N) is 1. The standard InChI is InChI=1S/C21H23ClFN3O4S/c1-21(2,3)25-19(27)14-8-17-18(9-15(14)23)31(29,30)11-16(24)20(28)26(17)10-12-4-6-13(22)7-5-12/h4-9,16H,10-11,24H2,1-3H3,(H,25,27)/t16-/m0/s1. The van der Waals surface area contributed by atoms with E-state index in [1.54, 1.807) is 45.0 Å². The Kier molecular flexibility index (Phi) is 6.14. The Morgan fingerprint density at radius 2 is 1.87 bits per heavy atom. The predicted octanol–water partition coefficient (Wildman–Crippen LogP) is 2.66. The average molecular weight is 468 g/mol. The molecule has 7 nitrogen and oxygen atoms in total. The summed E-state index contributed by atoms with van der Waals surface area (Å²) in [5, 5.41) is 3.13. The van der Waals surface area contributed by atoms with Crippen LogP contribution in [-0.4, -0.2) is 37.6 Å². The molecule has 166 valence electrons. The third-order valence-corrected chi connectivity index (χ3v) is 6.69. The van der Waals surface area contributed by atoms with E-state index < -0.39 is 44.8 Å². The van der Waals surface area contributed by atoms with Crippen molar-refractivity contribution in [1.82, 2.24) is 5.32 Å². The van der Waals surface area contributed by atoms with Crippen molar-refractivity contribution in [3.63, 3.8) is 0 Å². The van der Waals surface area contributed by atoms with Crippen LogP contribution in [0.15, 0.2) is 41.3 Å². The fraction of sp³-hybridized carbons (Fsp3) is 0.333. The highest BCUT2D eigenvalue weighted by Crippen LogP contribution is 2.34. The molecule has 31 heavy (non-hydrogen) atoms. The Morgan fingerprint density at radius 1 is 1.26 bits per heavy atom. The number of sulfone groups is 1. The molecule has 2 aromatic carbocycles. The summed E-state index contributed by atoms with van der Waals surface area (Å²) in [7, 11) is -4.07. The van der Waals surface area contributed by atoms with Gasteiger partial charge in [-0.3, -0.25) is 9.59 Å². The van der Waals surface area contributed by atoms with Crippen LogP contribution in [0.3, 0.4) is 0 Å². The maximum Gasteiger partial charge on any atom is 0.254 e. The van der Waals surface area contributed by atoms with Gasteiger partial charge in [0, 0.05) is 10.6 Å². The van der Waals surface area contributed by atoms with Gasteiger partial charge in [-0.1, -0.05) is 23.7 Å². The maximum absolute atomic E-state index is 14.8. The van der Waals surface area contributed by atoms with E-state index in [0.717, 1.165) is 12.1 Å². The number of hydrogen-bond acceptors (Lipinski definition) is 5. The molecule has 0 spiro atoms. The minimum atomic E-state index is -4.07. The molecule has 0 fully saturated rings. The summed E-state index contributed by atoms with van der Waals surface area (Å²) >= 11 is 5.91. The van der Waals surface area contributed by atoms with E-state index in [4.69, 9.17) is 17.3 Å². The van der Waals surface area contributed by atoms with Crippen molar-refractivity contribution in [3.8, 4) is 0 Å². The molecule has 0 unspecified atom stereocenters. The minimum Gasteiger partial charge on any atom is -0.347 e. The third-order valence-electron chi connectivity index (χ3n) is 4.64. The Labute approximate surface area is 185 Å². The van der Waals surface area contributed by atoms with Crippen molar-refractivity contribution in [2.75, 3.05) is 10.7 Å². The molecule has 3 N–H and O–H groups in total. The summed E-state index contributed by atoms with van der Waals surface area (Å²) in [5.41, 5.74) is 5.40. The van der Waals surface area contributed by atoms with Crippen molar-refractivity contribution >= 4 is 38.9 Å². The number of hydrogen-bond donors (Lipinski definition) is 2. The fourth-order valence-corrected chi connectivity index (χ4v) is 4.93. The molecular weight excluding hydrogens is 445 g/mol. The SMILES string of the molecule is CC(C)(C)NC(=O)c1cc2c(cc1F)S(=O)(=O)C[C@H](N)C(=O)N2Cc1ccc(Cl)cc1. The van der Waals surface area contributed by atoms with Crippen molar-refractivity contribution in [1.29, 1.82) is 0 Å². The quantitative estimate of drug-likeness (QED) is 0.721. The number of nitrogens with one attached hydrogen (secondary N) is 1. The number of amides is 2. The molecule has 1 aliphatic heterocycles. The molecule has 1 heterocycles. The van der Waals surface area contributed by atoms with Gasteiger partial charge in [0.05, 0.1) is 34.5 Å². The van der Waals surface area contributed by atoms with Crippen LogP contribution < -0.4 is 16.0 Å². The van der Waals surface area contributed by atoms with E-state index in [1.165, 1.54) is 4.90 Å². The molecule has 0 saturated heterocycles. The van der Waals surface area contributed by atoms with E-state index in [9.17, 15) is 22.4 Å². The zero-order valence-electron chi connectivity index (χ0n) is 17.3. The van der Waals surface area contributed by atoms with Crippen LogP contribution in [-0.2, 0) is 21.2 Å². The van der Waals surface area contributed by atoms with Gasteiger partial charge in [-0.25, -0.2) is 12.8 Å². The highest BCUT2D eigenvalue weighted by Gasteiger charge is 2.37. The number of anilines is 1. The molecule has 2 aromatic rings. The first kappa shape index (κ1) is 23.2. The molecule has 3 rings (SSSR count). The molecular formula is C21H23ClFN3O4S. The average Bonchev–Trinajstić information content (AvgIpc) is 2.70. The fourth-order valence-electron chi connectivity index (χ4n) is 3.24. The number of halogens is 2. The molecule has 10 heteroatoms. The third kappa shape index (κ3) is 5.06. The molecule has 1 atom stereocenters. The lowest BCUT2D eigenvalue weighted by Crippen LogP contribution is -2.45. The van der Waals surface area contributed by atoms with Gasteiger partial charge in [0.15, 0.2) is 9.84 Å². The van der Waals surface area contributed by atoms with Crippen molar-refractivity contribution < 1.29 is 22.4 Å². The summed E-state index contributed by atoms with van der Waals surface area (Å²) < 4.78 is 40.4. The number of nitrogens with two attached hydrogens (primary N) is 1. The van der Waals surface area contributed by atoms with Crippen LogP contribution in [0.2, 0.25) is 5.02 Å². The van der Waals surface area contributed by atoms with Crippen molar-refractivity contribution in [2.45, 2.75) is 43.8 Å². The minimum absolute atomic E-state index is 0.0296. The summed E-state index contributed by atoms with van der Waals surface area (Å²) in [5.74, 6) is -3.04. The lowest BCUT2D eigenvalue weighted by atomic mass is 10.1. The highest BCUT2D eigenvalue weighted by molar-refractivity contribution is 7.91. The highest BCUT2D eigenvalue weighted by atomic mass is 35.5. The van der Waals surface area contributed by atoms with Gasteiger partial charge < -0.3 is 16.0 Å². The largest absolute Gasteiger partial charge is 0.347 e. The number of carbonyl (C=O) groups excluding carboxylic acids is 2. The van der Waals surface area contributed by atoms with E-state index in [2.05, 4.69) is 5.32 Å². The van der Waals surface area contributed by atoms with Crippen LogP contribution in [0, 0.1) is 5.82 Å². The van der Waals surface area contributed by atoms with Gasteiger partial charge in [0.1, 0.15) is 5.82 Å². The zero-order valence-corrected chi connectivity index (χ0v) is 18.8. The number of rotatable bonds is 3. The molecule has 2 amide bonds. The van der Waals surface area contributed by atoms with Gasteiger partial charge in [-0.15, -0.1) is 0 Å². The lowest BCUT2D eigenvalue weighted by Gasteiger charge is -2.25. The van der Waals surface area contributed by atoms with Gasteiger partial charge in [0.2, 0.25) is 5.91 Å². The van der Waals surface area contributed by atoms with Crippen LogP contribution in [0.4, 0.5) is 10.1 Å². The Balaban J connectivity index is 2.18. The zero-order chi connectivity index (χ0) is 23.1. The Bertz CT molecular complexity index is 1140. The first-order valence-corrected chi connectivity index (χ1v) is 11.5. The van der Waals surface area contributed by atoms with Crippen LogP contribution in [0.5, 0.6) is 0 Å². The summed E-state index contributed by atoms with van der Waals surface area (Å²) in [6.07, 6.45) is 0. The summed E-state index contributed by atoms with van der Waals surface area (Å²) in [6.45, 7) is 5.16. The van der Waals surface area contributed by atoms with Crippen LogP contribution in [0.1, 0.15) is 36.7 Å². The van der Waals surface area contributed by atoms with Crippen molar-refractivity contribution in [3.05, 3.63) is 58.4 Å². The topological polar surface area (TPSA) is 110 Å².